The number of hydrogen-bond donors (Lipinski definition) is 3. The number of rotatable bonds is 7. The SMILES string of the molecule is COC(=O)[C@H](Cc1ccc(O)cc1)NC(=O)CO/N=C1/C=C[C@@]2(C)C(=C1)CC[C@@H]1[C@H]2CC[C@@]2(C)[C@@H]1CC[C@]2(C)O. The van der Waals surface area contributed by atoms with Gasteiger partial charge in [-0.05, 0) is 98.5 Å². The van der Waals surface area contributed by atoms with Crippen LogP contribution in [0.4, 0.5) is 0 Å². The third-order valence-corrected chi connectivity index (χ3v) is 10.7. The Balaban J connectivity index is 1.19. The summed E-state index contributed by atoms with van der Waals surface area (Å²) in [5.74, 6) is 0.809. The van der Waals surface area contributed by atoms with E-state index >= 15 is 0 Å². The molecule has 5 rings (SSSR count). The van der Waals surface area contributed by atoms with Crippen molar-refractivity contribution in [1.82, 2.24) is 5.32 Å². The van der Waals surface area contributed by atoms with Crippen molar-refractivity contribution in [2.75, 3.05) is 13.7 Å². The molecule has 1 amide bonds. The zero-order chi connectivity index (χ0) is 28.7. The zero-order valence-electron chi connectivity index (χ0n) is 24.0. The summed E-state index contributed by atoms with van der Waals surface area (Å²) < 4.78 is 4.84. The third kappa shape index (κ3) is 5.06. The molecule has 0 unspecified atom stereocenters. The molecule has 8 nitrogen and oxygen atoms in total. The Morgan fingerprint density at radius 1 is 1.10 bits per heavy atom. The summed E-state index contributed by atoms with van der Waals surface area (Å²) in [4.78, 5) is 30.2. The number of phenols is 1. The molecular formula is C32H42N2O6. The summed E-state index contributed by atoms with van der Waals surface area (Å²) in [7, 11) is 1.27. The molecule has 216 valence electrons. The molecule has 4 aliphatic carbocycles. The number of carbonyl (C=O) groups excluding carboxylic acids is 2. The number of oxime groups is 1. The molecule has 3 saturated carbocycles. The molecule has 0 bridgehead atoms. The standard InChI is InChI=1S/C32H42N2O6/c1-30-14-11-22(18-21(30)7-10-24-25(30)12-15-31(2)26(24)13-16-32(31,3)38)34-40-19-28(36)33-27(29(37)39-4)17-20-5-8-23(35)9-6-20/h5-6,8-9,11,14,18,24-27,35,38H,7,10,12-13,15-17,19H2,1-4H3,(H,33,36)/b34-22-/t24-,25-,26-,27+,30+,31+,32+/m1/s1. The second kappa shape index (κ2) is 10.7. The van der Waals surface area contributed by atoms with Crippen molar-refractivity contribution in [3.8, 4) is 5.75 Å². The van der Waals surface area contributed by atoms with Gasteiger partial charge in [-0.1, -0.05) is 42.8 Å². The number of nitrogens with one attached hydrogen (secondary N) is 1. The fraction of sp³-hybridized carbons (Fsp3) is 0.594. The van der Waals surface area contributed by atoms with E-state index in [4.69, 9.17) is 9.57 Å². The molecule has 0 heterocycles. The monoisotopic (exact) mass is 550 g/mol. The van der Waals surface area contributed by atoms with Gasteiger partial charge < -0.3 is 25.1 Å². The van der Waals surface area contributed by atoms with Gasteiger partial charge in [0.2, 0.25) is 0 Å². The number of aromatic hydroxyl groups is 1. The number of ether oxygens (including phenoxy) is 1. The van der Waals surface area contributed by atoms with Crippen LogP contribution in [0.1, 0.15) is 64.9 Å². The first-order chi connectivity index (χ1) is 19.0. The molecule has 0 radical (unpaired) electrons. The average Bonchev–Trinajstić information content (AvgIpc) is 3.17. The number of nitrogens with zero attached hydrogens (tertiary/aromatic N) is 1. The van der Waals surface area contributed by atoms with Crippen molar-refractivity contribution < 1.29 is 29.4 Å². The number of hydrogen-bond acceptors (Lipinski definition) is 7. The second-order valence-electron chi connectivity index (χ2n) is 12.8. The first-order valence-corrected chi connectivity index (χ1v) is 14.4. The highest BCUT2D eigenvalue weighted by Gasteiger charge is 2.62. The van der Waals surface area contributed by atoms with Crippen LogP contribution in [0.5, 0.6) is 5.75 Å². The number of methoxy groups -OCH3 is 1. The van der Waals surface area contributed by atoms with Crippen LogP contribution < -0.4 is 5.32 Å². The highest BCUT2D eigenvalue weighted by atomic mass is 16.6. The largest absolute Gasteiger partial charge is 0.508 e. The summed E-state index contributed by atoms with van der Waals surface area (Å²) >= 11 is 0. The average molecular weight is 551 g/mol. The van der Waals surface area contributed by atoms with Gasteiger partial charge in [0.25, 0.3) is 5.91 Å². The summed E-state index contributed by atoms with van der Waals surface area (Å²) in [6.07, 6.45) is 12.9. The van der Waals surface area contributed by atoms with E-state index in [0.29, 0.717) is 23.5 Å². The Bertz CT molecular complexity index is 1230. The predicted molar refractivity (Wildman–Crippen MR) is 151 cm³/mol. The lowest BCUT2D eigenvalue weighted by molar-refractivity contribution is -0.145. The Hall–Kier alpha value is -3.13. The summed E-state index contributed by atoms with van der Waals surface area (Å²) in [5, 5.41) is 27.5. The van der Waals surface area contributed by atoms with E-state index in [2.05, 4.69) is 36.5 Å². The maximum Gasteiger partial charge on any atom is 0.328 e. The Morgan fingerprint density at radius 2 is 1.82 bits per heavy atom. The fourth-order valence-electron chi connectivity index (χ4n) is 8.11. The molecule has 8 heteroatoms. The van der Waals surface area contributed by atoms with Gasteiger partial charge in [-0.2, -0.15) is 0 Å². The minimum absolute atomic E-state index is 0.00207. The van der Waals surface area contributed by atoms with Gasteiger partial charge in [0, 0.05) is 11.8 Å². The number of fused-ring (bicyclic) bond motifs is 5. The van der Waals surface area contributed by atoms with Crippen LogP contribution in [0.15, 0.2) is 53.2 Å². The molecule has 3 N–H and O–H groups in total. The van der Waals surface area contributed by atoms with Crippen molar-refractivity contribution in [2.24, 2.45) is 33.7 Å². The number of carbonyl (C=O) groups is 2. The molecule has 4 aliphatic rings. The van der Waals surface area contributed by atoms with Crippen LogP contribution in [-0.2, 0) is 25.6 Å². The van der Waals surface area contributed by atoms with Gasteiger partial charge in [0.1, 0.15) is 17.5 Å². The van der Waals surface area contributed by atoms with Crippen LogP contribution in [0.3, 0.4) is 0 Å². The number of esters is 1. The van der Waals surface area contributed by atoms with Crippen molar-refractivity contribution >= 4 is 17.6 Å². The molecule has 7 atom stereocenters. The number of phenolic OH excluding ortho intramolecular Hbond substituents is 1. The molecule has 0 aromatic heterocycles. The highest BCUT2D eigenvalue weighted by Crippen LogP contribution is 2.66. The number of allylic oxidation sites excluding steroid dienone is 4. The van der Waals surface area contributed by atoms with Crippen molar-refractivity contribution in [2.45, 2.75) is 77.4 Å². The Kier molecular flexibility index (Phi) is 7.59. The number of aliphatic hydroxyl groups is 1. The Labute approximate surface area is 236 Å². The number of benzene rings is 1. The lowest BCUT2D eigenvalue weighted by atomic mass is 9.47. The first kappa shape index (κ1) is 28.4. The minimum atomic E-state index is -0.883. The molecule has 1 aromatic carbocycles. The fourth-order valence-corrected chi connectivity index (χ4v) is 8.11. The molecule has 0 saturated heterocycles. The molecular weight excluding hydrogens is 508 g/mol. The van der Waals surface area contributed by atoms with Crippen LogP contribution in [0.25, 0.3) is 0 Å². The highest BCUT2D eigenvalue weighted by molar-refractivity contribution is 6.05. The molecule has 1 aromatic rings. The van der Waals surface area contributed by atoms with Crippen LogP contribution in [0.2, 0.25) is 0 Å². The van der Waals surface area contributed by atoms with E-state index in [1.54, 1.807) is 12.1 Å². The Morgan fingerprint density at radius 3 is 2.55 bits per heavy atom. The van der Waals surface area contributed by atoms with E-state index < -0.39 is 23.5 Å². The van der Waals surface area contributed by atoms with E-state index in [0.717, 1.165) is 44.1 Å². The maximum absolute atomic E-state index is 12.6. The quantitative estimate of drug-likeness (QED) is 0.341. The maximum atomic E-state index is 12.6. The third-order valence-electron chi connectivity index (χ3n) is 10.7. The van der Waals surface area contributed by atoms with Crippen LogP contribution >= 0.6 is 0 Å². The predicted octanol–water partition coefficient (Wildman–Crippen LogP) is 4.45. The van der Waals surface area contributed by atoms with Crippen molar-refractivity contribution in [3.63, 3.8) is 0 Å². The van der Waals surface area contributed by atoms with E-state index in [1.165, 1.54) is 24.8 Å². The topological polar surface area (TPSA) is 117 Å². The molecule has 0 spiro atoms. The number of amides is 1. The molecule has 40 heavy (non-hydrogen) atoms. The summed E-state index contributed by atoms with van der Waals surface area (Å²) in [6.45, 7) is 6.36. The lowest BCUT2D eigenvalue weighted by Gasteiger charge is -2.58. The normalized spacial score (nSPS) is 36.1. The van der Waals surface area contributed by atoms with Crippen LogP contribution in [0, 0.1) is 28.6 Å². The minimum Gasteiger partial charge on any atom is -0.508 e. The van der Waals surface area contributed by atoms with E-state index in [1.807, 2.05) is 13.0 Å². The second-order valence-corrected chi connectivity index (χ2v) is 12.8. The molecule has 0 aliphatic heterocycles. The molecule has 3 fully saturated rings. The van der Waals surface area contributed by atoms with Gasteiger partial charge >= 0.3 is 5.97 Å². The summed E-state index contributed by atoms with van der Waals surface area (Å²) in [6, 6.07) is 5.55. The lowest BCUT2D eigenvalue weighted by Crippen LogP contribution is -2.53. The zero-order valence-corrected chi connectivity index (χ0v) is 24.0. The van der Waals surface area contributed by atoms with E-state index in [-0.39, 0.29) is 29.6 Å². The van der Waals surface area contributed by atoms with Crippen LogP contribution in [-0.4, -0.2) is 53.2 Å². The van der Waals surface area contributed by atoms with Crippen molar-refractivity contribution in [1.29, 1.82) is 0 Å². The smallest absolute Gasteiger partial charge is 0.328 e. The van der Waals surface area contributed by atoms with Gasteiger partial charge in [0.15, 0.2) is 6.61 Å². The van der Waals surface area contributed by atoms with Gasteiger partial charge in [0.05, 0.1) is 12.7 Å². The van der Waals surface area contributed by atoms with Gasteiger partial charge in [-0.25, -0.2) is 4.79 Å². The first-order valence-electron chi connectivity index (χ1n) is 14.4. The van der Waals surface area contributed by atoms with Gasteiger partial charge in [-0.3, -0.25) is 4.79 Å². The van der Waals surface area contributed by atoms with Gasteiger partial charge in [-0.15, -0.1) is 0 Å². The van der Waals surface area contributed by atoms with Crippen molar-refractivity contribution in [3.05, 3.63) is 53.6 Å². The summed E-state index contributed by atoms with van der Waals surface area (Å²) in [5.41, 5.74) is 2.20. The van der Waals surface area contributed by atoms with E-state index in [9.17, 15) is 19.8 Å².